The fourth-order valence-electron chi connectivity index (χ4n) is 2.08. The summed E-state index contributed by atoms with van der Waals surface area (Å²) in [5.74, 6) is 5.16. The van der Waals surface area contributed by atoms with Gasteiger partial charge >= 0.3 is 0 Å². The van der Waals surface area contributed by atoms with Crippen LogP contribution in [-0.2, 0) is 0 Å². The summed E-state index contributed by atoms with van der Waals surface area (Å²) in [6.07, 6.45) is 4.42. The molecule has 14 heavy (non-hydrogen) atoms. The number of thioether (sulfide) groups is 2. The maximum absolute atomic E-state index is 3.69. The molecule has 2 aliphatic rings. The van der Waals surface area contributed by atoms with E-state index in [-0.39, 0.29) is 0 Å². The molecule has 1 heterocycles. The Labute approximate surface area is 96.2 Å². The highest BCUT2D eigenvalue weighted by Crippen LogP contribution is 2.37. The molecule has 0 spiro atoms. The first-order valence-corrected chi connectivity index (χ1v) is 8.03. The van der Waals surface area contributed by atoms with E-state index in [0.29, 0.717) is 0 Å². The van der Waals surface area contributed by atoms with Gasteiger partial charge in [0.25, 0.3) is 0 Å². The van der Waals surface area contributed by atoms with Gasteiger partial charge in [0.15, 0.2) is 0 Å². The van der Waals surface area contributed by atoms with Gasteiger partial charge < -0.3 is 5.32 Å². The zero-order valence-electron chi connectivity index (χ0n) is 9.00. The van der Waals surface area contributed by atoms with Crippen LogP contribution in [0.15, 0.2) is 0 Å². The lowest BCUT2D eigenvalue weighted by Gasteiger charge is -2.30. The number of hydrogen-bond donors (Lipinski definition) is 1. The molecule has 3 heteroatoms. The predicted octanol–water partition coefficient (Wildman–Crippen LogP) is 2.61. The van der Waals surface area contributed by atoms with Gasteiger partial charge in [0.1, 0.15) is 0 Å². The van der Waals surface area contributed by atoms with Crippen molar-refractivity contribution in [1.29, 1.82) is 0 Å². The molecule has 2 fully saturated rings. The molecule has 1 aliphatic heterocycles. The van der Waals surface area contributed by atoms with E-state index in [1.807, 2.05) is 0 Å². The van der Waals surface area contributed by atoms with Crippen LogP contribution < -0.4 is 5.32 Å². The third-order valence-corrected chi connectivity index (χ3v) is 5.96. The van der Waals surface area contributed by atoms with Gasteiger partial charge in [0.05, 0.1) is 0 Å². The SMILES string of the molecule is CCNC(CC1CC1)C1CSCCS1. The normalized spacial score (nSPS) is 30.2. The number of rotatable bonds is 5. The Morgan fingerprint density at radius 2 is 2.21 bits per heavy atom. The molecule has 0 amide bonds. The second-order valence-corrected chi connectivity index (χ2v) is 6.82. The van der Waals surface area contributed by atoms with Gasteiger partial charge in [-0.1, -0.05) is 19.8 Å². The Bertz CT molecular complexity index is 165. The summed E-state index contributed by atoms with van der Waals surface area (Å²) < 4.78 is 0. The van der Waals surface area contributed by atoms with Crippen LogP contribution in [-0.4, -0.2) is 35.1 Å². The minimum Gasteiger partial charge on any atom is -0.313 e. The van der Waals surface area contributed by atoms with Crippen molar-refractivity contribution in [1.82, 2.24) is 5.32 Å². The molecule has 1 saturated carbocycles. The molecule has 1 aliphatic carbocycles. The second kappa shape index (κ2) is 5.66. The Hall–Kier alpha value is 0.660. The Morgan fingerprint density at radius 3 is 2.79 bits per heavy atom. The highest BCUT2D eigenvalue weighted by Gasteiger charge is 2.30. The first-order chi connectivity index (χ1) is 6.90. The molecule has 1 nitrogen and oxygen atoms in total. The van der Waals surface area contributed by atoms with E-state index in [4.69, 9.17) is 0 Å². The maximum atomic E-state index is 3.69. The molecule has 2 rings (SSSR count). The van der Waals surface area contributed by atoms with E-state index in [0.717, 1.165) is 23.8 Å². The second-order valence-electron chi connectivity index (χ2n) is 4.33. The predicted molar refractivity (Wildman–Crippen MR) is 68.4 cm³/mol. The van der Waals surface area contributed by atoms with E-state index in [9.17, 15) is 0 Å². The first kappa shape index (κ1) is 11.2. The van der Waals surface area contributed by atoms with Crippen LogP contribution in [0, 0.1) is 5.92 Å². The van der Waals surface area contributed by atoms with Crippen molar-refractivity contribution in [3.8, 4) is 0 Å². The molecule has 0 aromatic heterocycles. The van der Waals surface area contributed by atoms with Crippen molar-refractivity contribution in [2.45, 2.75) is 37.5 Å². The largest absolute Gasteiger partial charge is 0.313 e. The van der Waals surface area contributed by atoms with Crippen molar-refractivity contribution >= 4 is 23.5 Å². The van der Waals surface area contributed by atoms with Gasteiger partial charge in [0.2, 0.25) is 0 Å². The molecule has 82 valence electrons. The van der Waals surface area contributed by atoms with E-state index in [2.05, 4.69) is 35.8 Å². The smallest absolute Gasteiger partial charge is 0.0292 e. The quantitative estimate of drug-likeness (QED) is 0.781. The van der Waals surface area contributed by atoms with E-state index in [1.165, 1.54) is 36.5 Å². The maximum Gasteiger partial charge on any atom is 0.0292 e. The van der Waals surface area contributed by atoms with Crippen LogP contribution in [0.4, 0.5) is 0 Å². The van der Waals surface area contributed by atoms with Crippen LogP contribution in [0.2, 0.25) is 0 Å². The lowest BCUT2D eigenvalue weighted by molar-refractivity contribution is 0.467. The summed E-state index contributed by atoms with van der Waals surface area (Å²) in [5, 5.41) is 4.57. The minimum atomic E-state index is 0.797. The fraction of sp³-hybridized carbons (Fsp3) is 1.00. The van der Waals surface area contributed by atoms with E-state index < -0.39 is 0 Å². The summed E-state index contributed by atoms with van der Waals surface area (Å²) in [6.45, 7) is 3.37. The van der Waals surface area contributed by atoms with Crippen LogP contribution >= 0.6 is 23.5 Å². The zero-order valence-corrected chi connectivity index (χ0v) is 10.6. The molecule has 0 bridgehead atoms. The summed E-state index contributed by atoms with van der Waals surface area (Å²) in [7, 11) is 0. The summed E-state index contributed by atoms with van der Waals surface area (Å²) in [5.41, 5.74) is 0. The standard InChI is InChI=1S/C11H21NS2/c1-2-12-10(7-9-3-4-9)11-8-13-5-6-14-11/h9-12H,2-8H2,1H3. The zero-order chi connectivity index (χ0) is 9.80. The lowest BCUT2D eigenvalue weighted by Crippen LogP contribution is -2.41. The molecule has 0 radical (unpaired) electrons. The highest BCUT2D eigenvalue weighted by atomic mass is 32.2. The molecule has 0 aromatic carbocycles. The summed E-state index contributed by atoms with van der Waals surface area (Å²) in [6, 6.07) is 0.797. The van der Waals surface area contributed by atoms with E-state index >= 15 is 0 Å². The van der Waals surface area contributed by atoms with Gasteiger partial charge in [-0.3, -0.25) is 0 Å². The molecule has 0 aromatic rings. The van der Waals surface area contributed by atoms with Gasteiger partial charge in [-0.2, -0.15) is 23.5 Å². The van der Waals surface area contributed by atoms with Gasteiger partial charge in [0, 0.05) is 28.6 Å². The topological polar surface area (TPSA) is 12.0 Å². The summed E-state index contributed by atoms with van der Waals surface area (Å²) in [4.78, 5) is 0. The summed E-state index contributed by atoms with van der Waals surface area (Å²) >= 11 is 4.34. The van der Waals surface area contributed by atoms with Crippen molar-refractivity contribution in [2.24, 2.45) is 5.92 Å². The van der Waals surface area contributed by atoms with Crippen LogP contribution in [0.25, 0.3) is 0 Å². The van der Waals surface area contributed by atoms with Crippen molar-refractivity contribution in [3.05, 3.63) is 0 Å². The van der Waals surface area contributed by atoms with Gasteiger partial charge in [-0.15, -0.1) is 0 Å². The molecule has 1 N–H and O–H groups in total. The first-order valence-electron chi connectivity index (χ1n) is 5.83. The van der Waals surface area contributed by atoms with Crippen LogP contribution in [0.1, 0.15) is 26.2 Å². The van der Waals surface area contributed by atoms with Gasteiger partial charge in [-0.05, 0) is 18.9 Å². The van der Waals surface area contributed by atoms with Crippen molar-refractivity contribution in [2.75, 3.05) is 23.8 Å². The monoisotopic (exact) mass is 231 g/mol. The Morgan fingerprint density at radius 1 is 1.36 bits per heavy atom. The molecular formula is C11H21NS2. The Kier molecular flexibility index (Phi) is 4.51. The van der Waals surface area contributed by atoms with Crippen molar-refractivity contribution in [3.63, 3.8) is 0 Å². The minimum absolute atomic E-state index is 0.797. The molecular weight excluding hydrogens is 210 g/mol. The van der Waals surface area contributed by atoms with Crippen LogP contribution in [0.3, 0.4) is 0 Å². The molecule has 1 saturated heterocycles. The number of nitrogens with one attached hydrogen (secondary N) is 1. The molecule has 2 atom stereocenters. The van der Waals surface area contributed by atoms with Gasteiger partial charge in [-0.25, -0.2) is 0 Å². The average molecular weight is 231 g/mol. The van der Waals surface area contributed by atoms with Crippen molar-refractivity contribution < 1.29 is 0 Å². The Balaban J connectivity index is 1.79. The lowest BCUT2D eigenvalue weighted by atomic mass is 10.1. The molecule has 2 unspecified atom stereocenters. The highest BCUT2D eigenvalue weighted by molar-refractivity contribution is 8.06. The third kappa shape index (κ3) is 3.35. The fourth-order valence-corrected chi connectivity index (χ4v) is 4.98. The average Bonchev–Trinajstić information content (AvgIpc) is 3.03. The number of hydrogen-bond acceptors (Lipinski definition) is 3. The van der Waals surface area contributed by atoms with Crippen LogP contribution in [0.5, 0.6) is 0 Å². The van der Waals surface area contributed by atoms with E-state index in [1.54, 1.807) is 0 Å². The third-order valence-electron chi connectivity index (χ3n) is 3.04.